The zero-order valence-electron chi connectivity index (χ0n) is 3.25. The summed E-state index contributed by atoms with van der Waals surface area (Å²) in [7, 11) is 0. The second kappa shape index (κ2) is 15.9. The van der Waals surface area contributed by atoms with Crippen molar-refractivity contribution in [3.05, 3.63) is 12.7 Å². The summed E-state index contributed by atoms with van der Waals surface area (Å²) in [5.41, 5.74) is 0. The third kappa shape index (κ3) is 17.3. The van der Waals surface area contributed by atoms with E-state index in [4.69, 9.17) is 0 Å². The molecule has 0 aromatic rings. The first-order valence-corrected chi connectivity index (χ1v) is 3.44. The molecule has 0 saturated carbocycles. The average Bonchev–Trinajstić information content (AvgIpc) is 1.37. The van der Waals surface area contributed by atoms with Crippen LogP contribution in [0.15, 0.2) is 12.7 Å². The van der Waals surface area contributed by atoms with Crippen LogP contribution in [-0.2, 0) is 0 Å². The molecule has 0 N–H and O–H groups in total. The molecule has 0 atom stereocenters. The maximum Gasteiger partial charge on any atom is -1.00 e. The Morgan fingerprint density at radius 1 is 1.50 bits per heavy atom. The minimum Gasteiger partial charge on any atom is -1.00 e. The van der Waals surface area contributed by atoms with E-state index < -0.39 is 0 Å². The van der Waals surface area contributed by atoms with Gasteiger partial charge < -0.3 is 24.8 Å². The molecule has 0 spiro atoms. The molecule has 0 aliphatic carbocycles. The Morgan fingerprint density at radius 3 is 1.67 bits per heavy atom. The minimum atomic E-state index is 0. The summed E-state index contributed by atoms with van der Waals surface area (Å²) in [4.78, 5) is 0. The van der Waals surface area contributed by atoms with Gasteiger partial charge >= 0.3 is 53.5 Å². The molecule has 0 aliphatic rings. The molecule has 0 nitrogen and oxygen atoms in total. The molecule has 0 aliphatic heterocycles. The number of hydrogen-bond acceptors (Lipinski definition) is 0. The second-order valence-corrected chi connectivity index (χ2v) is 1.80. The van der Waals surface area contributed by atoms with E-state index in [1.165, 1.54) is 40.8 Å². The molecule has 0 aromatic heterocycles. The number of hydrogen-bond donors (Lipinski definition) is 0. The van der Waals surface area contributed by atoms with Gasteiger partial charge in [0.15, 0.2) is 0 Å². The van der Waals surface area contributed by atoms with Crippen molar-refractivity contribution in [2.75, 3.05) is 0 Å². The average molecular weight is 256 g/mol. The first kappa shape index (κ1) is 15.6. The topological polar surface area (TPSA) is 0 Å². The van der Waals surface area contributed by atoms with Crippen molar-refractivity contribution in [1.82, 2.24) is 0 Å². The molecule has 0 amide bonds. The van der Waals surface area contributed by atoms with Crippen LogP contribution in [0.3, 0.4) is 0 Å². The van der Waals surface area contributed by atoms with Gasteiger partial charge in [-0.25, -0.2) is 0 Å². The van der Waals surface area contributed by atoms with Gasteiger partial charge in [-0.2, -0.15) is 0 Å². The van der Waals surface area contributed by atoms with Crippen LogP contribution < -0.4 is 24.8 Å². The van der Waals surface area contributed by atoms with E-state index in [-0.39, 0.29) is 24.8 Å². The number of rotatable bonds is 1. The van der Waals surface area contributed by atoms with E-state index in [1.54, 1.807) is 0 Å². The monoisotopic (exact) mass is 253 g/mol. The predicted molar refractivity (Wildman–Crippen MR) is 15.0 cm³/mol. The molecular weight excluding hydrogens is 251 g/mol. The minimum absolute atomic E-state index is 0. The van der Waals surface area contributed by atoms with Gasteiger partial charge in [-0.15, -0.1) is 0 Å². The van der Waals surface area contributed by atoms with Crippen LogP contribution in [0, 0.1) is 38.8 Å². The Kier molecular flexibility index (Phi) is 41.5. The summed E-state index contributed by atoms with van der Waals surface area (Å²) in [5.74, 6) is 0. The van der Waals surface area contributed by atoms with Gasteiger partial charge in [0.05, 0.1) is 0 Å². The van der Waals surface area contributed by atoms with Crippen molar-refractivity contribution < 1.29 is 63.6 Å². The normalized spacial score (nSPS) is 4.33. The van der Waals surface area contributed by atoms with E-state index in [9.17, 15) is 0 Å². The zero-order chi connectivity index (χ0) is 3.41. The largest absolute Gasteiger partial charge is 1.00 e. The molecule has 0 rings (SSSR count). The Morgan fingerprint density at radius 2 is 1.67 bits per heavy atom. The molecule has 0 saturated heterocycles. The van der Waals surface area contributed by atoms with Crippen LogP contribution in [-0.4, -0.2) is 0 Å². The van der Waals surface area contributed by atoms with Gasteiger partial charge in [0, 0.05) is 0 Å². The fourth-order valence-electron chi connectivity index (χ4n) is 0. The second-order valence-electron chi connectivity index (χ2n) is 0.493. The Balaban J connectivity index is -0.0000000450. The van der Waals surface area contributed by atoms with Crippen molar-refractivity contribution in [2.45, 2.75) is 2.07 Å². The Hall–Kier alpha value is 1.67. The summed E-state index contributed by atoms with van der Waals surface area (Å²) < 4.78 is 1.22. The summed E-state index contributed by atoms with van der Waals surface area (Å²) >= 11 is 1.27. The molecule has 6 heavy (non-hydrogen) atoms. The van der Waals surface area contributed by atoms with Crippen LogP contribution in [0.5, 0.6) is 0 Å². The van der Waals surface area contributed by atoms with Crippen LogP contribution in [0.2, 0.25) is 2.07 Å². The standard InChI is InChI=1S/C3H5.2ClH.Nd/c1-3-2;;;/h3H,1-2H2;2*1H;/q;;;+2/p-2. The van der Waals surface area contributed by atoms with Gasteiger partial charge in [-0.1, -0.05) is 0 Å². The summed E-state index contributed by atoms with van der Waals surface area (Å²) in [6.07, 6.45) is 1.94. The fourth-order valence-corrected chi connectivity index (χ4v) is 0. The number of allylic oxidation sites excluding steroid dienone is 1. The SMILES string of the molecule is C=C[CH2][Nd+2].[Cl-].[Cl-]. The van der Waals surface area contributed by atoms with Crippen LogP contribution >= 0.6 is 0 Å². The van der Waals surface area contributed by atoms with Crippen molar-refractivity contribution in [3.8, 4) is 0 Å². The van der Waals surface area contributed by atoms with Gasteiger partial charge in [0.2, 0.25) is 0 Å². The molecule has 35 valence electrons. The smallest absolute Gasteiger partial charge is 1.00 e. The molecular formula is C3H5Cl2Nd. The van der Waals surface area contributed by atoms with Crippen LogP contribution in [0.4, 0.5) is 0 Å². The number of halogens is 2. The van der Waals surface area contributed by atoms with Gasteiger partial charge in [-0.05, 0) is 0 Å². The maximum absolute atomic E-state index is 3.51. The third-order valence-electron chi connectivity index (χ3n) is 0.144. The van der Waals surface area contributed by atoms with E-state index in [2.05, 4.69) is 6.58 Å². The first-order valence-electron chi connectivity index (χ1n) is 1.17. The predicted octanol–water partition coefficient (Wildman–Crippen LogP) is -4.85. The first-order chi connectivity index (χ1) is 1.91. The summed E-state index contributed by atoms with van der Waals surface area (Å²) in [5, 5.41) is 0. The quantitative estimate of drug-likeness (QED) is 0.413. The molecule has 3 heteroatoms. The Labute approximate surface area is 77.2 Å². The van der Waals surface area contributed by atoms with Crippen LogP contribution in [0.1, 0.15) is 0 Å². The van der Waals surface area contributed by atoms with E-state index in [0.29, 0.717) is 0 Å². The van der Waals surface area contributed by atoms with E-state index in [0.717, 1.165) is 0 Å². The van der Waals surface area contributed by atoms with Crippen LogP contribution in [0.25, 0.3) is 0 Å². The molecule has 0 unspecified atom stereocenters. The molecule has 0 heterocycles. The maximum atomic E-state index is 3.51. The molecule has 0 aromatic carbocycles. The van der Waals surface area contributed by atoms with Gasteiger partial charge in [0.1, 0.15) is 0 Å². The van der Waals surface area contributed by atoms with Crippen molar-refractivity contribution >= 4 is 0 Å². The van der Waals surface area contributed by atoms with E-state index >= 15 is 0 Å². The molecule has 0 fully saturated rings. The third-order valence-corrected chi connectivity index (χ3v) is 1.07. The molecule has 0 bridgehead atoms. The fraction of sp³-hybridized carbons (Fsp3) is 0.333. The summed E-state index contributed by atoms with van der Waals surface area (Å²) in [6, 6.07) is 0. The molecule has 0 radical (unpaired) electrons. The summed E-state index contributed by atoms with van der Waals surface area (Å²) in [6.45, 7) is 3.51. The van der Waals surface area contributed by atoms with Gasteiger partial charge in [-0.3, -0.25) is 0 Å². The Bertz CT molecular complexity index is 22.8. The van der Waals surface area contributed by atoms with Crippen molar-refractivity contribution in [3.63, 3.8) is 0 Å². The van der Waals surface area contributed by atoms with Crippen molar-refractivity contribution in [1.29, 1.82) is 0 Å². The van der Waals surface area contributed by atoms with Gasteiger partial charge in [0.25, 0.3) is 0 Å². The van der Waals surface area contributed by atoms with E-state index in [1.807, 2.05) is 6.08 Å². The zero-order valence-corrected chi connectivity index (χ0v) is 7.97. The van der Waals surface area contributed by atoms with Crippen molar-refractivity contribution in [2.24, 2.45) is 0 Å².